The van der Waals surface area contributed by atoms with Crippen molar-refractivity contribution in [2.24, 2.45) is 0 Å². The zero-order valence-corrected chi connectivity index (χ0v) is 23.4. The summed E-state index contributed by atoms with van der Waals surface area (Å²) in [5, 5.41) is 9.86. The van der Waals surface area contributed by atoms with Crippen LogP contribution in [0.25, 0.3) is 32.2 Å². The minimum atomic E-state index is -5.03. The first-order chi connectivity index (χ1) is 20.4. The Hall–Kier alpha value is -3.43. The van der Waals surface area contributed by atoms with Crippen LogP contribution in [0.3, 0.4) is 0 Å². The Labute approximate surface area is 245 Å². The maximum Gasteiger partial charge on any atom is 0.417 e. The van der Waals surface area contributed by atoms with Gasteiger partial charge in [0.2, 0.25) is 0 Å². The van der Waals surface area contributed by atoms with Crippen molar-refractivity contribution in [3.63, 3.8) is 0 Å². The van der Waals surface area contributed by atoms with Gasteiger partial charge in [-0.2, -0.15) is 23.1 Å². The second kappa shape index (κ2) is 10.1. The number of thiazole rings is 1. The number of anilines is 2. The van der Waals surface area contributed by atoms with Gasteiger partial charge in [-0.05, 0) is 44.0 Å². The highest BCUT2D eigenvalue weighted by atomic mass is 32.1. The molecule has 3 atom stereocenters. The lowest BCUT2D eigenvalue weighted by molar-refractivity contribution is -0.137. The molecule has 15 heteroatoms. The summed E-state index contributed by atoms with van der Waals surface area (Å²) >= 11 is 0.739. The van der Waals surface area contributed by atoms with Crippen molar-refractivity contribution in [3.8, 4) is 17.1 Å². The van der Waals surface area contributed by atoms with Gasteiger partial charge in [-0.15, -0.1) is 0 Å². The van der Waals surface area contributed by atoms with Crippen LogP contribution in [0.2, 0.25) is 0 Å². The lowest BCUT2D eigenvalue weighted by atomic mass is 9.95. The predicted molar refractivity (Wildman–Crippen MR) is 149 cm³/mol. The van der Waals surface area contributed by atoms with Crippen LogP contribution in [0.5, 0.6) is 6.01 Å². The number of alkyl halides is 4. The summed E-state index contributed by atoms with van der Waals surface area (Å²) < 4.78 is 95.1. The van der Waals surface area contributed by atoms with Crippen molar-refractivity contribution in [2.45, 2.75) is 49.7 Å². The van der Waals surface area contributed by atoms with Crippen LogP contribution >= 0.6 is 11.3 Å². The third kappa shape index (κ3) is 4.72. The summed E-state index contributed by atoms with van der Waals surface area (Å²) in [6, 6.07) is 2.47. The molecule has 0 radical (unpaired) electrons. The van der Waals surface area contributed by atoms with Crippen LogP contribution in [-0.4, -0.2) is 75.6 Å². The van der Waals surface area contributed by atoms with Crippen molar-refractivity contribution >= 4 is 43.4 Å². The molecule has 0 saturated carbocycles. The molecule has 3 fully saturated rings. The summed E-state index contributed by atoms with van der Waals surface area (Å²) in [6.07, 6.45) is -4.65. The van der Waals surface area contributed by atoms with E-state index in [1.807, 2.05) is 4.90 Å². The van der Waals surface area contributed by atoms with E-state index in [9.17, 15) is 27.1 Å². The molecule has 3 saturated heterocycles. The number of hydrogen-bond donors (Lipinski definition) is 2. The van der Waals surface area contributed by atoms with Gasteiger partial charge >= 0.3 is 12.2 Å². The number of halogens is 6. The van der Waals surface area contributed by atoms with E-state index in [2.05, 4.69) is 15.0 Å². The fourth-order valence-corrected chi connectivity index (χ4v) is 7.52. The van der Waals surface area contributed by atoms with Gasteiger partial charge in [0.15, 0.2) is 10.9 Å². The topological polar surface area (TPSA) is 101 Å². The number of benzene rings is 2. The van der Waals surface area contributed by atoms with E-state index in [1.165, 1.54) is 0 Å². The van der Waals surface area contributed by atoms with E-state index in [-0.39, 0.29) is 70.8 Å². The monoisotopic (exact) mass is 624 g/mol. The number of nitrogens with two attached hydrogens (primary N) is 1. The summed E-state index contributed by atoms with van der Waals surface area (Å²) in [4.78, 5) is 16.2. The molecule has 0 spiro atoms. The Morgan fingerprint density at radius 2 is 1.93 bits per heavy atom. The Morgan fingerprint density at radius 3 is 2.67 bits per heavy atom. The van der Waals surface area contributed by atoms with Gasteiger partial charge in [0.1, 0.15) is 29.9 Å². The minimum Gasteiger partial charge on any atom is -0.461 e. The number of fused-ring (bicyclic) bond motifs is 3. The van der Waals surface area contributed by atoms with Gasteiger partial charge < -0.3 is 20.5 Å². The van der Waals surface area contributed by atoms with Gasteiger partial charge in [0, 0.05) is 42.6 Å². The van der Waals surface area contributed by atoms with E-state index >= 15 is 4.39 Å². The number of aliphatic hydroxyl groups excluding tert-OH is 1. The highest BCUT2D eigenvalue weighted by Gasteiger charge is 2.49. The molecule has 2 aromatic heterocycles. The van der Waals surface area contributed by atoms with Crippen LogP contribution in [0, 0.1) is 11.6 Å². The lowest BCUT2D eigenvalue weighted by Crippen LogP contribution is -2.43. The molecule has 228 valence electrons. The molecular formula is C28H26F6N6O2S. The number of rotatable bonds is 5. The van der Waals surface area contributed by atoms with Crippen LogP contribution in [0.4, 0.5) is 37.3 Å². The summed E-state index contributed by atoms with van der Waals surface area (Å²) in [5.74, 6) is -2.09. The fraction of sp³-hybridized carbons (Fsp3) is 0.464. The standard InChI is InChI=1S/C28H26F6N6O2S/c29-13-9-27(5-1-6-40(27)10-13)12-42-26-37-21-16(24(38-26)39-7-4-14(41)11-39)8-17(28(32,33)34)19(20(21)31)15-2-3-18(30)23-22(15)36-25(35)43-23/h2-3,8,13-14,41H,1,4-7,9-12H2,(H2,35,36)/t13-,14+,27+/m1/s1. The quantitative estimate of drug-likeness (QED) is 0.288. The average molecular weight is 625 g/mol. The first-order valence-corrected chi connectivity index (χ1v) is 14.7. The molecule has 5 heterocycles. The van der Waals surface area contributed by atoms with Crippen molar-refractivity contribution in [1.29, 1.82) is 0 Å². The van der Waals surface area contributed by atoms with Gasteiger partial charge in [0.05, 0.1) is 27.4 Å². The second-order valence-electron chi connectivity index (χ2n) is 11.4. The molecule has 0 amide bonds. The van der Waals surface area contributed by atoms with E-state index < -0.39 is 52.3 Å². The highest BCUT2D eigenvalue weighted by molar-refractivity contribution is 7.22. The van der Waals surface area contributed by atoms with E-state index in [1.54, 1.807) is 4.90 Å². The van der Waals surface area contributed by atoms with E-state index in [4.69, 9.17) is 10.5 Å². The zero-order valence-electron chi connectivity index (χ0n) is 22.6. The molecule has 3 aliphatic heterocycles. The van der Waals surface area contributed by atoms with Crippen LogP contribution in [-0.2, 0) is 6.18 Å². The summed E-state index contributed by atoms with van der Waals surface area (Å²) in [6.45, 7) is 1.34. The molecule has 7 rings (SSSR count). The first kappa shape index (κ1) is 28.3. The molecular weight excluding hydrogens is 598 g/mol. The van der Waals surface area contributed by atoms with Crippen LogP contribution in [0.1, 0.15) is 31.2 Å². The normalized spacial score (nSPS) is 24.5. The van der Waals surface area contributed by atoms with Crippen molar-refractivity contribution in [1.82, 2.24) is 19.9 Å². The summed E-state index contributed by atoms with van der Waals surface area (Å²) in [5.41, 5.74) is 2.04. The van der Waals surface area contributed by atoms with E-state index in [0.717, 1.165) is 36.0 Å². The first-order valence-electron chi connectivity index (χ1n) is 13.8. The molecule has 8 nitrogen and oxygen atoms in total. The third-order valence-electron chi connectivity index (χ3n) is 8.67. The minimum absolute atomic E-state index is 0.0206. The molecule has 3 aliphatic rings. The Balaban J connectivity index is 1.43. The molecule has 0 unspecified atom stereocenters. The Kier molecular flexibility index (Phi) is 6.63. The largest absolute Gasteiger partial charge is 0.461 e. The van der Waals surface area contributed by atoms with Crippen molar-refractivity contribution in [2.75, 3.05) is 43.4 Å². The number of aliphatic hydroxyl groups is 1. The molecule has 2 aromatic carbocycles. The number of ether oxygens (including phenoxy) is 1. The Morgan fingerprint density at radius 1 is 1.12 bits per heavy atom. The molecule has 3 N–H and O–H groups in total. The maximum atomic E-state index is 16.6. The third-order valence-corrected chi connectivity index (χ3v) is 9.56. The summed E-state index contributed by atoms with van der Waals surface area (Å²) in [7, 11) is 0. The van der Waals surface area contributed by atoms with Crippen LogP contribution in [0.15, 0.2) is 18.2 Å². The molecule has 43 heavy (non-hydrogen) atoms. The highest BCUT2D eigenvalue weighted by Crippen LogP contribution is 2.46. The SMILES string of the molecule is Nc1nc2c(-c3c(C(F)(F)F)cc4c(N5CC[C@H](O)C5)nc(OC[C@@]56CCCN5C[C@H](F)C6)nc4c3F)ccc(F)c2s1. The number of nitrogens with zero attached hydrogens (tertiary/aromatic N) is 5. The lowest BCUT2D eigenvalue weighted by Gasteiger charge is -2.31. The molecule has 0 bridgehead atoms. The number of aromatic nitrogens is 3. The molecule has 4 aromatic rings. The van der Waals surface area contributed by atoms with E-state index in [0.29, 0.717) is 19.4 Å². The van der Waals surface area contributed by atoms with Gasteiger partial charge in [-0.25, -0.2) is 18.2 Å². The van der Waals surface area contributed by atoms with Gasteiger partial charge in [0.25, 0.3) is 0 Å². The predicted octanol–water partition coefficient (Wildman–Crippen LogP) is 5.31. The fourth-order valence-electron chi connectivity index (χ4n) is 6.76. The van der Waals surface area contributed by atoms with Crippen LogP contribution < -0.4 is 15.4 Å². The molecule has 0 aliphatic carbocycles. The van der Waals surface area contributed by atoms with Gasteiger partial charge in [-0.3, -0.25) is 4.90 Å². The number of nitrogen functional groups attached to an aromatic ring is 1. The number of β-amino-alcohol motifs (C(OH)–C–C–N with tert-alkyl or cyclic N) is 1. The van der Waals surface area contributed by atoms with Crippen molar-refractivity contribution in [3.05, 3.63) is 35.4 Å². The Bertz CT molecular complexity index is 1750. The van der Waals surface area contributed by atoms with Gasteiger partial charge in [-0.1, -0.05) is 11.3 Å². The second-order valence-corrected chi connectivity index (χ2v) is 12.4. The zero-order chi connectivity index (χ0) is 30.3. The average Bonchev–Trinajstić information content (AvgIpc) is 3.71. The van der Waals surface area contributed by atoms with Crippen molar-refractivity contribution < 1.29 is 36.2 Å². The maximum absolute atomic E-state index is 16.6. The number of hydrogen-bond acceptors (Lipinski definition) is 9. The smallest absolute Gasteiger partial charge is 0.417 e.